The summed E-state index contributed by atoms with van der Waals surface area (Å²) in [6.45, 7) is 5.29. The van der Waals surface area contributed by atoms with Crippen molar-refractivity contribution in [2.24, 2.45) is 0 Å². The fourth-order valence-corrected chi connectivity index (χ4v) is 1.96. The van der Waals surface area contributed by atoms with Gasteiger partial charge in [0.2, 0.25) is 5.91 Å². The van der Waals surface area contributed by atoms with Crippen molar-refractivity contribution in [1.82, 2.24) is 24.4 Å². The summed E-state index contributed by atoms with van der Waals surface area (Å²) in [4.78, 5) is 20.1. The second-order valence-electron chi connectivity index (χ2n) is 4.50. The van der Waals surface area contributed by atoms with Gasteiger partial charge in [0.15, 0.2) is 0 Å². The van der Waals surface area contributed by atoms with E-state index in [9.17, 15) is 4.79 Å². The van der Waals surface area contributed by atoms with E-state index >= 15 is 0 Å². The lowest BCUT2D eigenvalue weighted by Gasteiger charge is -2.15. The van der Waals surface area contributed by atoms with Crippen molar-refractivity contribution in [2.75, 3.05) is 6.54 Å². The minimum absolute atomic E-state index is 0.0201. The highest BCUT2D eigenvalue weighted by atomic mass is 16.2. The highest BCUT2D eigenvalue weighted by Crippen LogP contribution is 2.08. The summed E-state index contributed by atoms with van der Waals surface area (Å²) < 4.78 is 3.86. The zero-order chi connectivity index (χ0) is 13.7. The molecular formula is C13H19N5O. The van der Waals surface area contributed by atoms with Gasteiger partial charge in [0.05, 0.1) is 6.33 Å². The van der Waals surface area contributed by atoms with E-state index in [0.717, 1.165) is 18.8 Å². The second kappa shape index (κ2) is 6.17. The first-order valence-electron chi connectivity index (χ1n) is 6.41. The molecule has 2 aromatic rings. The Morgan fingerprint density at radius 3 is 2.89 bits per heavy atom. The van der Waals surface area contributed by atoms with Crippen LogP contribution in [0.5, 0.6) is 0 Å². The molecule has 2 rings (SSSR count). The van der Waals surface area contributed by atoms with Gasteiger partial charge in [0.1, 0.15) is 11.9 Å². The van der Waals surface area contributed by atoms with Crippen LogP contribution < -0.4 is 5.32 Å². The number of aromatic nitrogens is 4. The Bertz CT molecular complexity index is 517. The minimum atomic E-state index is -0.226. The second-order valence-corrected chi connectivity index (χ2v) is 4.50. The largest absolute Gasteiger partial charge is 0.354 e. The summed E-state index contributed by atoms with van der Waals surface area (Å²) in [5, 5.41) is 2.94. The van der Waals surface area contributed by atoms with E-state index in [1.807, 2.05) is 35.4 Å². The summed E-state index contributed by atoms with van der Waals surface area (Å²) in [5.74, 6) is 0.868. The highest BCUT2D eigenvalue weighted by Gasteiger charge is 2.15. The van der Waals surface area contributed by atoms with Gasteiger partial charge >= 0.3 is 0 Å². The van der Waals surface area contributed by atoms with Gasteiger partial charge in [-0.15, -0.1) is 0 Å². The van der Waals surface area contributed by atoms with Crippen LogP contribution in [0.1, 0.15) is 25.2 Å². The van der Waals surface area contributed by atoms with E-state index in [0.29, 0.717) is 6.54 Å². The molecule has 0 aliphatic heterocycles. The number of imidazole rings is 2. The van der Waals surface area contributed by atoms with Crippen molar-refractivity contribution in [3.63, 3.8) is 0 Å². The summed E-state index contributed by atoms with van der Waals surface area (Å²) in [7, 11) is 0. The van der Waals surface area contributed by atoms with Gasteiger partial charge in [0, 0.05) is 37.9 Å². The third kappa shape index (κ3) is 3.43. The zero-order valence-corrected chi connectivity index (χ0v) is 11.3. The van der Waals surface area contributed by atoms with Gasteiger partial charge in [-0.25, -0.2) is 9.97 Å². The number of carbonyl (C=O) groups is 1. The Morgan fingerprint density at radius 2 is 2.26 bits per heavy atom. The fraction of sp³-hybridized carbons (Fsp3) is 0.462. The van der Waals surface area contributed by atoms with Crippen molar-refractivity contribution < 1.29 is 4.79 Å². The van der Waals surface area contributed by atoms with Crippen molar-refractivity contribution in [3.05, 3.63) is 36.9 Å². The number of nitrogens with zero attached hydrogens (tertiary/aromatic N) is 4. The lowest BCUT2D eigenvalue weighted by molar-refractivity contribution is -0.123. The molecule has 1 amide bonds. The van der Waals surface area contributed by atoms with Crippen LogP contribution in [0.25, 0.3) is 0 Å². The average molecular weight is 261 g/mol. The lowest BCUT2D eigenvalue weighted by atomic mass is 10.3. The van der Waals surface area contributed by atoms with Crippen molar-refractivity contribution in [2.45, 2.75) is 32.9 Å². The highest BCUT2D eigenvalue weighted by molar-refractivity contribution is 5.79. The first kappa shape index (κ1) is 13.3. The number of hydrogen-bond acceptors (Lipinski definition) is 3. The topological polar surface area (TPSA) is 64.7 Å². The molecule has 1 unspecified atom stereocenters. The Labute approximate surface area is 112 Å². The monoisotopic (exact) mass is 261 g/mol. The van der Waals surface area contributed by atoms with E-state index in [-0.39, 0.29) is 11.9 Å². The maximum absolute atomic E-state index is 12.0. The molecule has 0 saturated carbocycles. The normalized spacial score (nSPS) is 12.3. The molecule has 1 atom stereocenters. The molecule has 102 valence electrons. The van der Waals surface area contributed by atoms with Crippen LogP contribution in [0.15, 0.2) is 31.1 Å². The number of hydrogen-bond donors (Lipinski definition) is 1. The summed E-state index contributed by atoms with van der Waals surface area (Å²) in [5.41, 5.74) is 0. The molecule has 6 nitrogen and oxygen atoms in total. The van der Waals surface area contributed by atoms with Crippen LogP contribution in [0.3, 0.4) is 0 Å². The fourth-order valence-electron chi connectivity index (χ4n) is 1.96. The molecule has 0 radical (unpaired) electrons. The molecule has 6 heteroatoms. The van der Waals surface area contributed by atoms with Gasteiger partial charge in [-0.05, 0) is 20.3 Å². The number of carbonyl (C=O) groups excluding carboxylic acids is 1. The summed E-state index contributed by atoms with van der Waals surface area (Å²) in [6.07, 6.45) is 9.86. The van der Waals surface area contributed by atoms with E-state index in [1.54, 1.807) is 18.7 Å². The predicted molar refractivity (Wildman–Crippen MR) is 71.5 cm³/mol. The predicted octanol–water partition coefficient (Wildman–Crippen LogP) is 1.16. The van der Waals surface area contributed by atoms with E-state index in [1.165, 1.54) is 0 Å². The standard InChI is InChI=1S/C13H19N5O/c1-11(18-9-6-15-12(18)2)13(19)16-4-3-7-17-8-5-14-10-17/h5-6,8-11H,3-4,7H2,1-2H3,(H,16,19). The first-order chi connectivity index (χ1) is 9.18. The number of aryl methyl sites for hydroxylation is 2. The average Bonchev–Trinajstić information content (AvgIpc) is 3.04. The van der Waals surface area contributed by atoms with Crippen molar-refractivity contribution in [1.29, 1.82) is 0 Å². The Hall–Kier alpha value is -2.11. The van der Waals surface area contributed by atoms with Crippen LogP contribution in [-0.4, -0.2) is 31.6 Å². The molecule has 0 aliphatic carbocycles. The molecule has 0 saturated heterocycles. The Balaban J connectivity index is 1.74. The number of amides is 1. The third-order valence-corrected chi connectivity index (χ3v) is 3.11. The minimum Gasteiger partial charge on any atom is -0.354 e. The van der Waals surface area contributed by atoms with Crippen molar-refractivity contribution in [3.8, 4) is 0 Å². The molecule has 2 aromatic heterocycles. The number of rotatable bonds is 6. The molecular weight excluding hydrogens is 242 g/mol. The lowest BCUT2D eigenvalue weighted by Crippen LogP contribution is -2.32. The molecule has 19 heavy (non-hydrogen) atoms. The maximum atomic E-state index is 12.0. The van der Waals surface area contributed by atoms with Crippen LogP contribution in [0.2, 0.25) is 0 Å². The number of nitrogens with one attached hydrogen (secondary N) is 1. The first-order valence-corrected chi connectivity index (χ1v) is 6.41. The molecule has 0 bridgehead atoms. The maximum Gasteiger partial charge on any atom is 0.242 e. The smallest absolute Gasteiger partial charge is 0.242 e. The van der Waals surface area contributed by atoms with E-state index < -0.39 is 0 Å². The summed E-state index contributed by atoms with van der Waals surface area (Å²) >= 11 is 0. The third-order valence-electron chi connectivity index (χ3n) is 3.11. The van der Waals surface area contributed by atoms with Crippen LogP contribution in [0, 0.1) is 6.92 Å². The van der Waals surface area contributed by atoms with Gasteiger partial charge in [0.25, 0.3) is 0 Å². The van der Waals surface area contributed by atoms with Gasteiger partial charge in [-0.3, -0.25) is 4.79 Å². The van der Waals surface area contributed by atoms with E-state index in [4.69, 9.17) is 0 Å². The molecule has 1 N–H and O–H groups in total. The van der Waals surface area contributed by atoms with Crippen molar-refractivity contribution >= 4 is 5.91 Å². The van der Waals surface area contributed by atoms with E-state index in [2.05, 4.69) is 15.3 Å². The molecule has 0 spiro atoms. The molecule has 0 aliphatic rings. The van der Waals surface area contributed by atoms with Crippen LogP contribution in [-0.2, 0) is 11.3 Å². The molecule has 2 heterocycles. The van der Waals surface area contributed by atoms with Gasteiger partial charge in [-0.1, -0.05) is 0 Å². The summed E-state index contributed by atoms with van der Waals surface area (Å²) in [6, 6.07) is -0.226. The van der Waals surface area contributed by atoms with Crippen LogP contribution in [0.4, 0.5) is 0 Å². The van der Waals surface area contributed by atoms with Gasteiger partial charge < -0.3 is 14.5 Å². The van der Waals surface area contributed by atoms with Gasteiger partial charge in [-0.2, -0.15) is 0 Å². The quantitative estimate of drug-likeness (QED) is 0.793. The SMILES string of the molecule is Cc1nccn1C(C)C(=O)NCCCn1ccnc1. The molecule has 0 fully saturated rings. The Morgan fingerprint density at radius 1 is 1.42 bits per heavy atom. The Kier molecular flexibility index (Phi) is 4.33. The van der Waals surface area contributed by atoms with Crippen LogP contribution >= 0.6 is 0 Å². The zero-order valence-electron chi connectivity index (χ0n) is 11.3. The molecule has 0 aromatic carbocycles.